The molecule has 0 spiro atoms. The van der Waals surface area contributed by atoms with Crippen LogP contribution in [0.4, 0.5) is 10.5 Å². The van der Waals surface area contributed by atoms with Gasteiger partial charge in [0.05, 0.1) is 5.69 Å². The number of carbonyl (C=O) groups excluding carboxylic acids is 1. The largest absolute Gasteiger partial charge is 0.372 e. The lowest BCUT2D eigenvalue weighted by Gasteiger charge is -2.13. The summed E-state index contributed by atoms with van der Waals surface area (Å²) < 4.78 is 0.742. The van der Waals surface area contributed by atoms with Crippen LogP contribution >= 0.6 is 0 Å². The fraction of sp³-hybridized carbons (Fsp3) is 0.100. The lowest BCUT2D eigenvalue weighted by molar-refractivity contribution is -0.496. The Labute approximate surface area is 90.5 Å². The molecule has 0 fully saturated rings. The molecular weight excluding hydrogens is 208 g/mol. The molecule has 3 rings (SSSR count). The number of rotatable bonds is 0. The van der Waals surface area contributed by atoms with Gasteiger partial charge in [0.15, 0.2) is 0 Å². The van der Waals surface area contributed by atoms with E-state index in [-0.39, 0.29) is 12.4 Å². The van der Waals surface area contributed by atoms with E-state index in [1.165, 1.54) is 11.1 Å². The third-order valence-electron chi connectivity index (χ3n) is 2.48. The predicted molar refractivity (Wildman–Crippen MR) is 54.6 cm³/mol. The van der Waals surface area contributed by atoms with Gasteiger partial charge in [-0.25, -0.2) is 9.69 Å². The number of urea groups is 1. The highest BCUT2D eigenvalue weighted by molar-refractivity contribution is 5.98. The zero-order valence-corrected chi connectivity index (χ0v) is 8.20. The molecule has 6 heteroatoms. The maximum atomic E-state index is 11.5. The van der Waals surface area contributed by atoms with Gasteiger partial charge >= 0.3 is 6.03 Å². The Balaban J connectivity index is 2.24. The van der Waals surface area contributed by atoms with Gasteiger partial charge in [-0.15, -0.1) is 5.11 Å². The first-order chi connectivity index (χ1) is 7.75. The molecule has 16 heavy (non-hydrogen) atoms. The molecule has 2 aliphatic rings. The number of azo groups is 1. The molecule has 6 nitrogen and oxygen atoms in total. The summed E-state index contributed by atoms with van der Waals surface area (Å²) in [5, 5.41) is 7.10. The zero-order chi connectivity index (χ0) is 11.1. The van der Waals surface area contributed by atoms with Crippen molar-refractivity contribution in [3.63, 3.8) is 0 Å². The van der Waals surface area contributed by atoms with Gasteiger partial charge in [0, 0.05) is 15.2 Å². The molecule has 0 unspecified atom stereocenters. The van der Waals surface area contributed by atoms with Crippen LogP contribution in [0.1, 0.15) is 5.56 Å². The first kappa shape index (κ1) is 8.90. The van der Waals surface area contributed by atoms with E-state index in [1.807, 2.05) is 18.2 Å². The summed E-state index contributed by atoms with van der Waals surface area (Å²) >= 11 is 0. The monoisotopic (exact) mass is 215 g/mol. The number of nitroso groups, excluding NO2 is 1. The molecule has 0 saturated heterocycles. The van der Waals surface area contributed by atoms with Crippen molar-refractivity contribution in [2.45, 2.75) is 6.54 Å². The Kier molecular flexibility index (Phi) is 1.70. The van der Waals surface area contributed by atoms with E-state index in [2.05, 4.69) is 10.2 Å². The summed E-state index contributed by atoms with van der Waals surface area (Å²) in [7, 11) is 0. The minimum Gasteiger partial charge on any atom is -0.243 e. The molecule has 0 saturated carbocycles. The van der Waals surface area contributed by atoms with Crippen LogP contribution in [0.3, 0.4) is 0 Å². The van der Waals surface area contributed by atoms with Crippen LogP contribution in [0.2, 0.25) is 0 Å². The number of nitrogens with zero attached hydrogens (tertiary/aromatic N) is 4. The highest BCUT2D eigenvalue weighted by Crippen LogP contribution is 2.31. The summed E-state index contributed by atoms with van der Waals surface area (Å²) in [6.07, 6.45) is 1.27. The highest BCUT2D eigenvalue weighted by Gasteiger charge is 2.34. The van der Waals surface area contributed by atoms with Crippen molar-refractivity contribution in [3.05, 3.63) is 46.8 Å². The maximum Gasteiger partial charge on any atom is 0.372 e. The highest BCUT2D eigenvalue weighted by atomic mass is 16.3. The number of fused-ring (bicyclic) bond motifs is 3. The Morgan fingerprint density at radius 3 is 2.94 bits per heavy atom. The van der Waals surface area contributed by atoms with Crippen LogP contribution in [-0.2, 0) is 6.54 Å². The van der Waals surface area contributed by atoms with Crippen molar-refractivity contribution < 1.29 is 9.55 Å². The molecule has 78 valence electrons. The lowest BCUT2D eigenvalue weighted by atomic mass is 10.1. The molecule has 1 aromatic carbocycles. The average Bonchev–Trinajstić information content (AvgIpc) is 2.55. The van der Waals surface area contributed by atoms with Gasteiger partial charge in [0.2, 0.25) is 12.4 Å². The van der Waals surface area contributed by atoms with Gasteiger partial charge in [-0.05, 0) is 6.07 Å². The van der Waals surface area contributed by atoms with Crippen LogP contribution in [0.25, 0.3) is 0 Å². The quantitative estimate of drug-likeness (QED) is 0.622. The summed E-state index contributed by atoms with van der Waals surface area (Å²) in [4.78, 5) is 24.4. The molecular formula is C10H7N4O2+. The number of carbonyl (C=O) groups is 1. The number of anilines is 1. The Hall–Kier alpha value is -2.37. The summed E-state index contributed by atoms with van der Waals surface area (Å²) in [5.74, 6) is 0.268. The first-order valence-electron chi connectivity index (χ1n) is 4.75. The first-order valence-corrected chi connectivity index (χ1v) is 4.75. The molecule has 0 bridgehead atoms. The molecule has 0 atom stereocenters. The maximum absolute atomic E-state index is 11.5. The Morgan fingerprint density at radius 2 is 2.06 bits per heavy atom. The number of hydrogen-bond acceptors (Lipinski definition) is 3. The van der Waals surface area contributed by atoms with E-state index in [4.69, 9.17) is 0 Å². The van der Waals surface area contributed by atoms with Gasteiger partial charge in [-0.2, -0.15) is 0 Å². The number of benzene rings is 1. The third kappa shape index (κ3) is 1.16. The fourth-order valence-corrected chi connectivity index (χ4v) is 1.80. The molecule has 0 aliphatic carbocycles. The number of hydrogen-bond donors (Lipinski definition) is 0. The second-order valence-electron chi connectivity index (χ2n) is 3.51. The predicted octanol–water partition coefficient (Wildman–Crippen LogP) is 2.17. The zero-order valence-electron chi connectivity index (χ0n) is 8.20. The standard InChI is InChI=1S/C10H7N4O2/c15-10-12-11-9-6-13(16)5-7-3-1-2-4-8(7)14(9)10/h1-4,6H,5H2/q+1. The molecule has 2 aliphatic heterocycles. The minimum atomic E-state index is -0.464. The molecule has 0 radical (unpaired) electrons. The minimum absolute atomic E-state index is 0.207. The van der Waals surface area contributed by atoms with E-state index in [9.17, 15) is 9.70 Å². The lowest BCUT2D eigenvalue weighted by Crippen LogP contribution is -2.22. The van der Waals surface area contributed by atoms with Gasteiger partial charge in [0.25, 0.3) is 6.20 Å². The van der Waals surface area contributed by atoms with Crippen molar-refractivity contribution >= 4 is 11.7 Å². The normalized spacial score (nSPS) is 18.0. The molecule has 2 heterocycles. The van der Waals surface area contributed by atoms with Gasteiger partial charge in [-0.1, -0.05) is 23.3 Å². The number of amides is 2. The van der Waals surface area contributed by atoms with E-state index < -0.39 is 6.03 Å². The van der Waals surface area contributed by atoms with E-state index >= 15 is 0 Å². The third-order valence-corrected chi connectivity index (χ3v) is 2.48. The van der Waals surface area contributed by atoms with Crippen molar-refractivity contribution in [2.24, 2.45) is 10.2 Å². The SMILES string of the molecule is O=C1N=NC2=C[N+](=O)Cc3ccccc3N12. The smallest absolute Gasteiger partial charge is 0.243 e. The topological polar surface area (TPSA) is 65.1 Å². The van der Waals surface area contributed by atoms with Crippen LogP contribution in [-0.4, -0.2) is 10.8 Å². The van der Waals surface area contributed by atoms with Crippen LogP contribution in [0.5, 0.6) is 0 Å². The summed E-state index contributed by atoms with van der Waals surface area (Å²) in [6, 6.07) is 6.75. The second kappa shape index (κ2) is 3.06. The Bertz CT molecular complexity index is 562. The Morgan fingerprint density at radius 1 is 1.25 bits per heavy atom. The van der Waals surface area contributed by atoms with Crippen molar-refractivity contribution in [2.75, 3.05) is 4.90 Å². The summed E-state index contributed by atoms with van der Waals surface area (Å²) in [6.45, 7) is 0.207. The van der Waals surface area contributed by atoms with Crippen LogP contribution < -0.4 is 4.90 Å². The molecule has 2 amide bonds. The van der Waals surface area contributed by atoms with Crippen molar-refractivity contribution in [1.82, 2.24) is 0 Å². The second-order valence-corrected chi connectivity index (χ2v) is 3.51. The van der Waals surface area contributed by atoms with Gasteiger partial charge < -0.3 is 0 Å². The van der Waals surface area contributed by atoms with Gasteiger partial charge in [0.1, 0.15) is 0 Å². The fourth-order valence-electron chi connectivity index (χ4n) is 1.80. The van der Waals surface area contributed by atoms with Crippen molar-refractivity contribution in [3.8, 4) is 0 Å². The van der Waals surface area contributed by atoms with Gasteiger partial charge in [-0.3, -0.25) is 0 Å². The van der Waals surface area contributed by atoms with Crippen LogP contribution in [0, 0.1) is 4.91 Å². The van der Waals surface area contributed by atoms with Crippen molar-refractivity contribution in [1.29, 1.82) is 0 Å². The molecule has 1 aromatic rings. The summed E-state index contributed by atoms with van der Waals surface area (Å²) in [5.41, 5.74) is 1.45. The molecule has 0 N–H and O–H groups in total. The average molecular weight is 215 g/mol. The van der Waals surface area contributed by atoms with E-state index in [0.29, 0.717) is 5.69 Å². The number of para-hydroxylation sites is 1. The molecule has 0 aromatic heterocycles. The van der Waals surface area contributed by atoms with Crippen LogP contribution in [0.15, 0.2) is 46.5 Å². The van der Waals surface area contributed by atoms with E-state index in [1.54, 1.807) is 6.07 Å². The van der Waals surface area contributed by atoms with E-state index in [0.717, 1.165) is 10.3 Å².